The van der Waals surface area contributed by atoms with Crippen LogP contribution in [0.2, 0.25) is 0 Å². The van der Waals surface area contributed by atoms with Gasteiger partial charge in [-0.05, 0) is 49.4 Å². The third kappa shape index (κ3) is 4.24. The Labute approximate surface area is 189 Å². The van der Waals surface area contributed by atoms with E-state index in [1.54, 1.807) is 24.7 Å². The molecule has 5 N–H and O–H groups in total. The summed E-state index contributed by atoms with van der Waals surface area (Å²) in [5, 5.41) is 4.01. The lowest BCUT2D eigenvalue weighted by molar-refractivity contribution is -0.117. The van der Waals surface area contributed by atoms with Gasteiger partial charge in [0.25, 0.3) is 5.91 Å². The molecule has 5 rings (SSSR count). The third-order valence-electron chi connectivity index (χ3n) is 5.76. The molecule has 0 unspecified atom stereocenters. The Bertz CT molecular complexity index is 1380. The molecule has 1 saturated carbocycles. The highest BCUT2D eigenvalue weighted by molar-refractivity contribution is 5.92. The van der Waals surface area contributed by atoms with Crippen molar-refractivity contribution in [1.82, 2.24) is 29.1 Å². The first-order chi connectivity index (χ1) is 15.9. The Morgan fingerprint density at radius 1 is 1.36 bits per heavy atom. The van der Waals surface area contributed by atoms with Gasteiger partial charge in [0.15, 0.2) is 0 Å². The normalized spacial score (nSPS) is 14.2. The van der Waals surface area contributed by atoms with Gasteiger partial charge in [-0.15, -0.1) is 0 Å². The standard InChI is InChI=1S/C23H25FN8O/c1-14-6-7-30-13-28-19(20(30)8-14)9-27-23(33)18(25)12-31(26)10-16-11-32-21(29-16)5-4-17(22(32)24)15-2-3-15/h4-8,11-13,15H,2-3,9-10,25-26H2,1H3,(H,27,33)/b18-12-. The number of nitrogens with one attached hydrogen (secondary N) is 1. The number of fused-ring (bicyclic) bond motifs is 2. The second-order valence-corrected chi connectivity index (χ2v) is 8.44. The molecule has 0 radical (unpaired) electrons. The molecule has 0 atom stereocenters. The maximum Gasteiger partial charge on any atom is 0.269 e. The molecule has 1 amide bonds. The fraction of sp³-hybridized carbons (Fsp3) is 0.261. The van der Waals surface area contributed by atoms with E-state index in [2.05, 4.69) is 15.3 Å². The summed E-state index contributed by atoms with van der Waals surface area (Å²) in [5.74, 6) is 5.57. The van der Waals surface area contributed by atoms with E-state index < -0.39 is 5.91 Å². The van der Waals surface area contributed by atoms with E-state index in [1.807, 2.05) is 29.7 Å². The van der Waals surface area contributed by atoms with E-state index >= 15 is 0 Å². The Balaban J connectivity index is 1.23. The number of imidazole rings is 2. The summed E-state index contributed by atoms with van der Waals surface area (Å²) in [6, 6.07) is 7.59. The molecular weight excluding hydrogens is 423 g/mol. The number of halogens is 1. The van der Waals surface area contributed by atoms with Crippen LogP contribution in [0.15, 0.2) is 54.9 Å². The number of amides is 1. The van der Waals surface area contributed by atoms with Crippen LogP contribution in [0.1, 0.15) is 41.3 Å². The number of hydrogen-bond donors (Lipinski definition) is 3. The summed E-state index contributed by atoms with van der Waals surface area (Å²) >= 11 is 0. The molecule has 0 aromatic carbocycles. The molecule has 4 aromatic heterocycles. The molecule has 0 spiro atoms. The lowest BCUT2D eigenvalue weighted by atomic mass is 10.2. The minimum Gasteiger partial charge on any atom is -0.393 e. The van der Waals surface area contributed by atoms with E-state index in [-0.39, 0.29) is 24.7 Å². The van der Waals surface area contributed by atoms with Gasteiger partial charge in [-0.25, -0.2) is 15.8 Å². The number of aryl methyl sites for hydroxylation is 1. The Morgan fingerprint density at radius 3 is 2.97 bits per heavy atom. The van der Waals surface area contributed by atoms with Gasteiger partial charge in [-0.2, -0.15) is 4.39 Å². The molecule has 0 bridgehead atoms. The van der Waals surface area contributed by atoms with Gasteiger partial charge in [-0.1, -0.05) is 6.07 Å². The zero-order valence-electron chi connectivity index (χ0n) is 18.2. The molecule has 0 saturated heterocycles. The second-order valence-electron chi connectivity index (χ2n) is 8.44. The number of carbonyl (C=O) groups is 1. The molecule has 0 aliphatic heterocycles. The van der Waals surface area contributed by atoms with Crippen LogP contribution in [0.4, 0.5) is 4.39 Å². The van der Waals surface area contributed by atoms with Gasteiger partial charge in [0.05, 0.1) is 36.3 Å². The molecule has 1 fully saturated rings. The first kappa shape index (κ1) is 21.0. The number of aromatic nitrogens is 4. The van der Waals surface area contributed by atoms with Crippen molar-refractivity contribution in [2.75, 3.05) is 0 Å². The summed E-state index contributed by atoms with van der Waals surface area (Å²) < 4.78 is 18.1. The Hall–Kier alpha value is -3.92. The zero-order valence-corrected chi connectivity index (χ0v) is 18.2. The largest absolute Gasteiger partial charge is 0.393 e. The molecule has 4 aromatic rings. The first-order valence-electron chi connectivity index (χ1n) is 10.7. The van der Waals surface area contributed by atoms with E-state index in [0.29, 0.717) is 17.3 Å². The average Bonchev–Trinajstić information content (AvgIpc) is 3.41. The predicted octanol–water partition coefficient (Wildman–Crippen LogP) is 2.10. The maximum atomic E-state index is 14.7. The summed E-state index contributed by atoms with van der Waals surface area (Å²) in [6.07, 6.45) is 8.60. The average molecular weight is 449 g/mol. The van der Waals surface area contributed by atoms with Crippen molar-refractivity contribution >= 4 is 17.1 Å². The van der Waals surface area contributed by atoms with Crippen LogP contribution in [0.25, 0.3) is 11.2 Å². The van der Waals surface area contributed by atoms with Crippen molar-refractivity contribution in [3.8, 4) is 0 Å². The van der Waals surface area contributed by atoms with E-state index in [9.17, 15) is 9.18 Å². The zero-order chi connectivity index (χ0) is 23.1. The summed E-state index contributed by atoms with van der Waals surface area (Å²) in [5.41, 5.74) is 10.4. The van der Waals surface area contributed by atoms with Gasteiger partial charge in [-0.3, -0.25) is 9.20 Å². The molecule has 170 valence electrons. The van der Waals surface area contributed by atoms with Crippen LogP contribution in [0.3, 0.4) is 0 Å². The van der Waals surface area contributed by atoms with Crippen molar-refractivity contribution in [2.24, 2.45) is 11.6 Å². The highest BCUT2D eigenvalue weighted by Crippen LogP contribution is 2.41. The number of nitrogens with two attached hydrogens (primary N) is 2. The van der Waals surface area contributed by atoms with Crippen molar-refractivity contribution in [1.29, 1.82) is 0 Å². The SMILES string of the molecule is Cc1ccn2cnc(CNC(=O)/C(N)=C/N(N)Cc3cn4c(F)c(C5CC5)ccc4n3)c2c1. The molecule has 1 aliphatic carbocycles. The Kier molecular flexibility index (Phi) is 5.21. The third-order valence-corrected chi connectivity index (χ3v) is 5.76. The van der Waals surface area contributed by atoms with E-state index in [0.717, 1.165) is 35.2 Å². The number of hydrogen-bond acceptors (Lipinski definition) is 6. The van der Waals surface area contributed by atoms with Gasteiger partial charge in [0, 0.05) is 24.2 Å². The van der Waals surface area contributed by atoms with Crippen LogP contribution < -0.4 is 16.9 Å². The van der Waals surface area contributed by atoms with Crippen LogP contribution in [0.5, 0.6) is 0 Å². The van der Waals surface area contributed by atoms with Crippen molar-refractivity contribution < 1.29 is 9.18 Å². The Morgan fingerprint density at radius 2 is 2.18 bits per heavy atom. The summed E-state index contributed by atoms with van der Waals surface area (Å²) in [6.45, 7) is 2.39. The van der Waals surface area contributed by atoms with Gasteiger partial charge >= 0.3 is 0 Å². The van der Waals surface area contributed by atoms with Gasteiger partial charge in [0.2, 0.25) is 5.95 Å². The van der Waals surface area contributed by atoms with Crippen LogP contribution >= 0.6 is 0 Å². The van der Waals surface area contributed by atoms with Crippen molar-refractivity contribution in [3.05, 3.63) is 83.3 Å². The number of hydrazine groups is 1. The molecule has 4 heterocycles. The predicted molar refractivity (Wildman–Crippen MR) is 121 cm³/mol. The number of carbonyl (C=O) groups excluding carboxylic acids is 1. The molecule has 1 aliphatic rings. The molecule has 33 heavy (non-hydrogen) atoms. The molecule has 9 nitrogen and oxygen atoms in total. The monoisotopic (exact) mass is 448 g/mol. The fourth-order valence-electron chi connectivity index (χ4n) is 3.89. The van der Waals surface area contributed by atoms with Crippen LogP contribution in [-0.2, 0) is 17.9 Å². The quantitative estimate of drug-likeness (QED) is 0.172. The van der Waals surface area contributed by atoms with E-state index in [1.165, 1.54) is 15.6 Å². The van der Waals surface area contributed by atoms with Gasteiger partial charge in [0.1, 0.15) is 11.3 Å². The van der Waals surface area contributed by atoms with Crippen LogP contribution in [-0.4, -0.2) is 29.7 Å². The number of rotatable bonds is 7. The smallest absolute Gasteiger partial charge is 0.269 e. The minimum atomic E-state index is -0.464. The van der Waals surface area contributed by atoms with Crippen molar-refractivity contribution in [2.45, 2.75) is 38.8 Å². The summed E-state index contributed by atoms with van der Waals surface area (Å²) in [7, 11) is 0. The van der Waals surface area contributed by atoms with E-state index in [4.69, 9.17) is 11.6 Å². The first-order valence-corrected chi connectivity index (χ1v) is 10.7. The lowest BCUT2D eigenvalue weighted by Crippen LogP contribution is -2.32. The number of nitrogens with zero attached hydrogens (tertiary/aromatic N) is 5. The maximum absolute atomic E-state index is 14.7. The minimum absolute atomic E-state index is 0.0526. The second kappa shape index (κ2) is 8.21. The number of pyridine rings is 2. The van der Waals surface area contributed by atoms with Crippen LogP contribution in [0, 0.1) is 12.9 Å². The van der Waals surface area contributed by atoms with Gasteiger partial charge < -0.3 is 20.5 Å². The highest BCUT2D eigenvalue weighted by atomic mass is 19.1. The highest BCUT2D eigenvalue weighted by Gasteiger charge is 2.27. The van der Waals surface area contributed by atoms with Crippen molar-refractivity contribution in [3.63, 3.8) is 0 Å². The molecular formula is C23H25FN8O. The lowest BCUT2D eigenvalue weighted by Gasteiger charge is -2.13. The fourth-order valence-corrected chi connectivity index (χ4v) is 3.89. The summed E-state index contributed by atoms with van der Waals surface area (Å²) in [4.78, 5) is 21.2. The molecule has 10 heteroatoms. The topological polar surface area (TPSA) is 119 Å².